The topological polar surface area (TPSA) is 41.5 Å². The van der Waals surface area contributed by atoms with Crippen molar-refractivity contribution in [3.8, 4) is 5.75 Å². The van der Waals surface area contributed by atoms with Crippen LogP contribution in [0.1, 0.15) is 28.4 Å². The maximum absolute atomic E-state index is 10.2. The minimum atomic E-state index is -0.550. The minimum absolute atomic E-state index is 0.510. The van der Waals surface area contributed by atoms with Gasteiger partial charge in [0.2, 0.25) is 0 Å². The Morgan fingerprint density at radius 3 is 2.21 bits per heavy atom. The summed E-state index contributed by atoms with van der Waals surface area (Å²) in [6, 6.07) is 24.2. The molecule has 2 N–H and O–H groups in total. The molecule has 0 bridgehead atoms. The van der Waals surface area contributed by atoms with Crippen LogP contribution in [0.3, 0.4) is 0 Å². The lowest BCUT2D eigenvalue weighted by atomic mass is 10.0. The molecule has 0 amide bonds. The van der Waals surface area contributed by atoms with Crippen LogP contribution in [0.5, 0.6) is 5.75 Å². The second-order valence-corrected chi connectivity index (χ2v) is 7.30. The second kappa shape index (κ2) is 10.3. The van der Waals surface area contributed by atoms with Gasteiger partial charge in [-0.25, -0.2) is 0 Å². The SMILES string of the molecule is COc1ccc(Cc2ccc(CCNCC(O)c3cccc(Cl)c3)cc2)cc1. The normalized spacial score (nSPS) is 12.0. The maximum atomic E-state index is 10.2. The van der Waals surface area contributed by atoms with Gasteiger partial charge in [0.05, 0.1) is 13.2 Å². The molecule has 0 saturated heterocycles. The molecule has 4 heteroatoms. The number of rotatable bonds is 9. The highest BCUT2D eigenvalue weighted by molar-refractivity contribution is 6.30. The van der Waals surface area contributed by atoms with Crippen LogP contribution in [0, 0.1) is 0 Å². The second-order valence-electron chi connectivity index (χ2n) is 6.87. The van der Waals surface area contributed by atoms with E-state index in [9.17, 15) is 5.11 Å². The standard InChI is InChI=1S/C24H26ClNO2/c1-28-23-11-9-20(10-12-23)15-19-7-5-18(6-8-19)13-14-26-17-24(27)21-3-2-4-22(25)16-21/h2-12,16,24,26-27H,13-15,17H2,1H3. The molecule has 146 valence electrons. The molecule has 0 aromatic heterocycles. The molecule has 28 heavy (non-hydrogen) atoms. The molecule has 0 heterocycles. The van der Waals surface area contributed by atoms with E-state index in [1.807, 2.05) is 30.3 Å². The first-order valence-electron chi connectivity index (χ1n) is 9.49. The number of halogens is 1. The average Bonchev–Trinajstić information content (AvgIpc) is 2.73. The van der Waals surface area contributed by atoms with Crippen molar-refractivity contribution >= 4 is 11.6 Å². The summed E-state index contributed by atoms with van der Waals surface area (Å²) >= 11 is 5.97. The van der Waals surface area contributed by atoms with E-state index in [-0.39, 0.29) is 0 Å². The largest absolute Gasteiger partial charge is 0.497 e. The van der Waals surface area contributed by atoms with Crippen molar-refractivity contribution in [2.75, 3.05) is 20.2 Å². The predicted octanol–water partition coefficient (Wildman–Crippen LogP) is 4.81. The van der Waals surface area contributed by atoms with Crippen molar-refractivity contribution in [3.05, 3.63) is 100 Å². The molecule has 0 aliphatic heterocycles. The van der Waals surface area contributed by atoms with Crippen molar-refractivity contribution in [2.24, 2.45) is 0 Å². The van der Waals surface area contributed by atoms with Crippen molar-refractivity contribution in [3.63, 3.8) is 0 Å². The lowest BCUT2D eigenvalue weighted by Crippen LogP contribution is -2.23. The molecule has 0 aliphatic rings. The first kappa shape index (κ1) is 20.4. The summed E-state index contributed by atoms with van der Waals surface area (Å²) in [4.78, 5) is 0. The van der Waals surface area contributed by atoms with E-state index in [1.54, 1.807) is 13.2 Å². The Hall–Kier alpha value is -2.33. The molecule has 0 aliphatic carbocycles. The molecular weight excluding hydrogens is 370 g/mol. The summed E-state index contributed by atoms with van der Waals surface area (Å²) in [5, 5.41) is 14.2. The number of nitrogens with one attached hydrogen (secondary N) is 1. The van der Waals surface area contributed by atoms with Crippen LogP contribution in [0.4, 0.5) is 0 Å². The van der Waals surface area contributed by atoms with Crippen LogP contribution in [-0.2, 0) is 12.8 Å². The third kappa shape index (κ3) is 6.10. The van der Waals surface area contributed by atoms with Crippen LogP contribution in [0.25, 0.3) is 0 Å². The summed E-state index contributed by atoms with van der Waals surface area (Å²) < 4.78 is 5.20. The van der Waals surface area contributed by atoms with Gasteiger partial charge in [0.25, 0.3) is 0 Å². The zero-order chi connectivity index (χ0) is 19.8. The smallest absolute Gasteiger partial charge is 0.118 e. The number of benzene rings is 3. The van der Waals surface area contributed by atoms with Gasteiger partial charge in [0, 0.05) is 11.6 Å². The fourth-order valence-electron chi connectivity index (χ4n) is 3.11. The van der Waals surface area contributed by atoms with Crippen LogP contribution in [0.15, 0.2) is 72.8 Å². The van der Waals surface area contributed by atoms with Crippen LogP contribution < -0.4 is 10.1 Å². The van der Waals surface area contributed by atoms with E-state index >= 15 is 0 Å². The molecule has 0 spiro atoms. The Kier molecular flexibility index (Phi) is 7.49. The Balaban J connectivity index is 1.42. The first-order valence-corrected chi connectivity index (χ1v) is 9.87. The number of methoxy groups -OCH3 is 1. The molecule has 3 nitrogen and oxygen atoms in total. The first-order chi connectivity index (χ1) is 13.6. The number of aliphatic hydroxyl groups is 1. The van der Waals surface area contributed by atoms with E-state index in [0.717, 1.165) is 30.7 Å². The summed E-state index contributed by atoms with van der Waals surface area (Å²) in [5.41, 5.74) is 4.68. The lowest BCUT2D eigenvalue weighted by molar-refractivity contribution is 0.175. The van der Waals surface area contributed by atoms with Gasteiger partial charge < -0.3 is 15.2 Å². The van der Waals surface area contributed by atoms with E-state index in [4.69, 9.17) is 16.3 Å². The molecular formula is C24H26ClNO2. The Labute approximate surface area is 171 Å². The molecule has 3 rings (SSSR count). The van der Waals surface area contributed by atoms with Crippen molar-refractivity contribution in [1.29, 1.82) is 0 Å². The molecule has 1 atom stereocenters. The van der Waals surface area contributed by atoms with Gasteiger partial charge in [-0.05, 0) is 65.9 Å². The number of ether oxygens (including phenoxy) is 1. The van der Waals surface area contributed by atoms with Gasteiger partial charge in [0.15, 0.2) is 0 Å². The van der Waals surface area contributed by atoms with Gasteiger partial charge in [-0.1, -0.05) is 60.1 Å². The van der Waals surface area contributed by atoms with Crippen LogP contribution in [-0.4, -0.2) is 25.3 Å². The monoisotopic (exact) mass is 395 g/mol. The molecule has 3 aromatic carbocycles. The predicted molar refractivity (Wildman–Crippen MR) is 115 cm³/mol. The third-order valence-electron chi connectivity index (χ3n) is 4.75. The molecule has 0 radical (unpaired) electrons. The van der Waals surface area contributed by atoms with Gasteiger partial charge in [0.1, 0.15) is 5.75 Å². The summed E-state index contributed by atoms with van der Waals surface area (Å²) in [5.74, 6) is 0.882. The molecule has 3 aromatic rings. The van der Waals surface area contributed by atoms with Gasteiger partial charge in [-0.2, -0.15) is 0 Å². The molecule has 0 saturated carbocycles. The van der Waals surface area contributed by atoms with Gasteiger partial charge in [-0.3, -0.25) is 0 Å². The van der Waals surface area contributed by atoms with E-state index in [2.05, 4.69) is 41.7 Å². The van der Waals surface area contributed by atoms with Gasteiger partial charge >= 0.3 is 0 Å². The lowest BCUT2D eigenvalue weighted by Gasteiger charge is -2.12. The van der Waals surface area contributed by atoms with E-state index < -0.39 is 6.10 Å². The van der Waals surface area contributed by atoms with E-state index in [1.165, 1.54) is 16.7 Å². The fraction of sp³-hybridized carbons (Fsp3) is 0.250. The summed E-state index contributed by atoms with van der Waals surface area (Å²) in [6.45, 7) is 1.32. The Morgan fingerprint density at radius 1 is 0.929 bits per heavy atom. The van der Waals surface area contributed by atoms with E-state index in [0.29, 0.717) is 11.6 Å². The van der Waals surface area contributed by atoms with Crippen molar-refractivity contribution in [2.45, 2.75) is 18.9 Å². The van der Waals surface area contributed by atoms with Crippen LogP contribution in [0.2, 0.25) is 5.02 Å². The van der Waals surface area contributed by atoms with Crippen LogP contribution >= 0.6 is 11.6 Å². The fourth-order valence-corrected chi connectivity index (χ4v) is 3.30. The van der Waals surface area contributed by atoms with Gasteiger partial charge in [-0.15, -0.1) is 0 Å². The highest BCUT2D eigenvalue weighted by Crippen LogP contribution is 2.17. The average molecular weight is 396 g/mol. The third-order valence-corrected chi connectivity index (χ3v) is 4.99. The zero-order valence-corrected chi connectivity index (χ0v) is 16.8. The quantitative estimate of drug-likeness (QED) is 0.511. The number of aliphatic hydroxyl groups excluding tert-OH is 1. The highest BCUT2D eigenvalue weighted by atomic mass is 35.5. The summed E-state index contributed by atoms with van der Waals surface area (Å²) in [6.07, 6.45) is 1.28. The number of hydrogen-bond donors (Lipinski definition) is 2. The molecule has 0 fully saturated rings. The number of hydrogen-bond acceptors (Lipinski definition) is 3. The minimum Gasteiger partial charge on any atom is -0.497 e. The zero-order valence-electron chi connectivity index (χ0n) is 16.1. The highest BCUT2D eigenvalue weighted by Gasteiger charge is 2.07. The van der Waals surface area contributed by atoms with Crippen molar-refractivity contribution < 1.29 is 9.84 Å². The Morgan fingerprint density at radius 2 is 1.57 bits per heavy atom. The Bertz CT molecular complexity index is 863. The van der Waals surface area contributed by atoms with Crippen molar-refractivity contribution in [1.82, 2.24) is 5.32 Å². The summed E-state index contributed by atoms with van der Waals surface area (Å²) in [7, 11) is 1.68. The maximum Gasteiger partial charge on any atom is 0.118 e. The molecule has 1 unspecified atom stereocenters.